The van der Waals surface area contributed by atoms with Gasteiger partial charge in [-0.05, 0) is 12.1 Å². The third-order valence-electron chi connectivity index (χ3n) is 2.72. The minimum Gasteiger partial charge on any atom is -0.506 e. The molecule has 0 bridgehead atoms. The van der Waals surface area contributed by atoms with Gasteiger partial charge < -0.3 is 10.4 Å². The summed E-state index contributed by atoms with van der Waals surface area (Å²) in [6.07, 6.45) is 5.85. The van der Waals surface area contributed by atoms with Gasteiger partial charge in [0.25, 0.3) is 5.91 Å². The molecule has 2 aromatic heterocycles. The second kappa shape index (κ2) is 4.93. The van der Waals surface area contributed by atoms with Gasteiger partial charge >= 0.3 is 0 Å². The van der Waals surface area contributed by atoms with Gasteiger partial charge in [0.15, 0.2) is 0 Å². The first-order valence-corrected chi connectivity index (χ1v) is 5.89. The Morgan fingerprint density at radius 3 is 2.85 bits per heavy atom. The SMILES string of the molecule is O=C(Nc1cncc(O)c1)c1cccc2nccnc12. The van der Waals surface area contributed by atoms with Gasteiger partial charge in [-0.15, -0.1) is 0 Å². The van der Waals surface area contributed by atoms with Crippen LogP contribution in [0.25, 0.3) is 11.0 Å². The van der Waals surface area contributed by atoms with Crippen molar-refractivity contribution in [3.05, 3.63) is 54.6 Å². The summed E-state index contributed by atoms with van der Waals surface area (Å²) in [7, 11) is 0. The van der Waals surface area contributed by atoms with Crippen molar-refractivity contribution in [2.45, 2.75) is 0 Å². The number of pyridine rings is 1. The normalized spacial score (nSPS) is 10.4. The Morgan fingerprint density at radius 1 is 1.15 bits per heavy atom. The number of aromatic hydroxyl groups is 1. The summed E-state index contributed by atoms with van der Waals surface area (Å²) >= 11 is 0. The van der Waals surface area contributed by atoms with Gasteiger partial charge in [0.05, 0.1) is 29.2 Å². The minimum atomic E-state index is -0.330. The van der Waals surface area contributed by atoms with Crippen LogP contribution in [0.5, 0.6) is 5.75 Å². The molecule has 0 aliphatic carbocycles. The van der Waals surface area contributed by atoms with Crippen molar-refractivity contribution in [3.8, 4) is 5.75 Å². The molecule has 0 atom stereocenters. The molecule has 0 spiro atoms. The number of carbonyl (C=O) groups excluding carboxylic acids is 1. The van der Waals surface area contributed by atoms with Crippen LogP contribution in [0.1, 0.15) is 10.4 Å². The van der Waals surface area contributed by atoms with Crippen LogP contribution in [0.15, 0.2) is 49.1 Å². The molecular formula is C14H10N4O2. The maximum atomic E-state index is 12.3. The van der Waals surface area contributed by atoms with Crippen molar-refractivity contribution in [3.63, 3.8) is 0 Å². The maximum Gasteiger partial charge on any atom is 0.257 e. The zero-order chi connectivity index (χ0) is 13.9. The minimum absolute atomic E-state index is 0.0134. The van der Waals surface area contributed by atoms with Gasteiger partial charge in [0.2, 0.25) is 0 Å². The van der Waals surface area contributed by atoms with Crippen LogP contribution < -0.4 is 5.32 Å². The summed E-state index contributed by atoms with van der Waals surface area (Å²) in [6.45, 7) is 0. The lowest BCUT2D eigenvalue weighted by Crippen LogP contribution is -2.13. The summed E-state index contributed by atoms with van der Waals surface area (Å²) in [4.78, 5) is 24.4. The summed E-state index contributed by atoms with van der Waals surface area (Å²) in [5, 5.41) is 12.0. The van der Waals surface area contributed by atoms with E-state index in [1.807, 2.05) is 0 Å². The topological polar surface area (TPSA) is 88.0 Å². The first-order chi connectivity index (χ1) is 9.74. The van der Waals surface area contributed by atoms with Gasteiger partial charge in [-0.2, -0.15) is 0 Å². The summed E-state index contributed by atoms with van der Waals surface area (Å²) in [6, 6.07) is 6.62. The summed E-state index contributed by atoms with van der Waals surface area (Å²) in [5.74, 6) is -0.344. The molecule has 0 unspecified atom stereocenters. The molecule has 3 aromatic rings. The number of nitrogens with zero attached hydrogens (tertiary/aromatic N) is 3. The lowest BCUT2D eigenvalue weighted by molar-refractivity contribution is 0.102. The van der Waals surface area contributed by atoms with Crippen LogP contribution in [0, 0.1) is 0 Å². The average molecular weight is 266 g/mol. The van der Waals surface area contributed by atoms with Gasteiger partial charge in [0, 0.05) is 18.5 Å². The molecular weight excluding hydrogens is 256 g/mol. The molecule has 6 nitrogen and oxygen atoms in total. The largest absolute Gasteiger partial charge is 0.506 e. The Labute approximate surface area is 114 Å². The van der Waals surface area contributed by atoms with Crippen LogP contribution in [0.4, 0.5) is 5.69 Å². The lowest BCUT2D eigenvalue weighted by Gasteiger charge is -2.06. The third-order valence-corrected chi connectivity index (χ3v) is 2.72. The molecule has 98 valence electrons. The van der Waals surface area contributed by atoms with E-state index < -0.39 is 0 Å². The monoisotopic (exact) mass is 266 g/mol. The molecule has 0 aliphatic heterocycles. The highest BCUT2D eigenvalue weighted by Gasteiger charge is 2.11. The molecule has 1 amide bonds. The predicted molar refractivity (Wildman–Crippen MR) is 73.4 cm³/mol. The number of aromatic nitrogens is 3. The Hall–Kier alpha value is -3.02. The Kier molecular flexibility index (Phi) is 2.96. The smallest absolute Gasteiger partial charge is 0.257 e. The van der Waals surface area contributed by atoms with Crippen molar-refractivity contribution >= 4 is 22.6 Å². The van der Waals surface area contributed by atoms with E-state index in [-0.39, 0.29) is 11.7 Å². The number of rotatable bonds is 2. The van der Waals surface area contributed by atoms with Gasteiger partial charge in [0.1, 0.15) is 11.3 Å². The second-order valence-corrected chi connectivity index (χ2v) is 4.12. The van der Waals surface area contributed by atoms with Crippen molar-refractivity contribution in [1.82, 2.24) is 15.0 Å². The number of hydrogen-bond donors (Lipinski definition) is 2. The van der Waals surface area contributed by atoms with E-state index in [1.165, 1.54) is 24.7 Å². The molecule has 6 heteroatoms. The first kappa shape index (κ1) is 12.0. The number of carbonyl (C=O) groups is 1. The zero-order valence-electron chi connectivity index (χ0n) is 10.3. The fraction of sp³-hybridized carbons (Fsp3) is 0. The molecule has 0 aliphatic rings. The van der Waals surface area contributed by atoms with Gasteiger partial charge in [-0.25, -0.2) is 0 Å². The third kappa shape index (κ3) is 2.26. The number of fused-ring (bicyclic) bond motifs is 1. The number of para-hydroxylation sites is 1. The van der Waals surface area contributed by atoms with E-state index in [9.17, 15) is 9.90 Å². The second-order valence-electron chi connectivity index (χ2n) is 4.12. The number of nitrogens with one attached hydrogen (secondary N) is 1. The highest BCUT2D eigenvalue weighted by molar-refractivity contribution is 6.11. The van der Waals surface area contributed by atoms with Crippen molar-refractivity contribution in [1.29, 1.82) is 0 Å². The van der Waals surface area contributed by atoms with Crippen LogP contribution in [0.2, 0.25) is 0 Å². The first-order valence-electron chi connectivity index (χ1n) is 5.89. The van der Waals surface area contributed by atoms with E-state index in [4.69, 9.17) is 0 Å². The van der Waals surface area contributed by atoms with Crippen molar-refractivity contribution < 1.29 is 9.90 Å². The van der Waals surface area contributed by atoms with Crippen molar-refractivity contribution in [2.24, 2.45) is 0 Å². The summed E-state index contributed by atoms with van der Waals surface area (Å²) < 4.78 is 0. The van der Waals surface area contributed by atoms with E-state index in [0.29, 0.717) is 22.3 Å². The molecule has 20 heavy (non-hydrogen) atoms. The molecule has 1 aromatic carbocycles. The van der Waals surface area contributed by atoms with Crippen LogP contribution >= 0.6 is 0 Å². The molecule has 0 saturated carbocycles. The van der Waals surface area contributed by atoms with E-state index in [2.05, 4.69) is 20.3 Å². The maximum absolute atomic E-state index is 12.3. The van der Waals surface area contributed by atoms with Gasteiger partial charge in [-0.1, -0.05) is 6.07 Å². The molecule has 0 saturated heterocycles. The molecule has 0 fully saturated rings. The highest BCUT2D eigenvalue weighted by atomic mass is 16.3. The molecule has 2 heterocycles. The fourth-order valence-corrected chi connectivity index (χ4v) is 1.87. The summed E-state index contributed by atoms with van der Waals surface area (Å²) in [5.41, 5.74) is 2.00. The fourth-order valence-electron chi connectivity index (χ4n) is 1.87. The van der Waals surface area contributed by atoms with E-state index >= 15 is 0 Å². The van der Waals surface area contributed by atoms with Crippen molar-refractivity contribution in [2.75, 3.05) is 5.32 Å². The molecule has 0 radical (unpaired) electrons. The average Bonchev–Trinajstić information content (AvgIpc) is 2.46. The molecule has 2 N–H and O–H groups in total. The van der Waals surface area contributed by atoms with Crippen LogP contribution in [-0.4, -0.2) is 26.0 Å². The van der Waals surface area contributed by atoms with Crippen LogP contribution in [0.3, 0.4) is 0 Å². The standard InChI is InChI=1S/C14H10N4O2/c19-10-6-9(7-15-8-10)18-14(20)11-2-1-3-12-13(11)17-5-4-16-12/h1-8,19H,(H,18,20). The number of hydrogen-bond acceptors (Lipinski definition) is 5. The zero-order valence-corrected chi connectivity index (χ0v) is 10.3. The number of anilines is 1. The van der Waals surface area contributed by atoms with E-state index in [1.54, 1.807) is 24.4 Å². The lowest BCUT2D eigenvalue weighted by atomic mass is 10.1. The Morgan fingerprint density at radius 2 is 2.00 bits per heavy atom. The highest BCUT2D eigenvalue weighted by Crippen LogP contribution is 2.17. The Balaban J connectivity index is 1.97. The number of amides is 1. The number of benzene rings is 1. The van der Waals surface area contributed by atoms with Gasteiger partial charge in [-0.3, -0.25) is 19.7 Å². The predicted octanol–water partition coefficient (Wildman–Crippen LogP) is 1.98. The quantitative estimate of drug-likeness (QED) is 0.740. The molecule has 3 rings (SSSR count). The van der Waals surface area contributed by atoms with Crippen LogP contribution in [-0.2, 0) is 0 Å². The Bertz CT molecular complexity index is 783. The van der Waals surface area contributed by atoms with E-state index in [0.717, 1.165) is 0 Å².